The first kappa shape index (κ1) is 10.9. The number of carbonyl (C=O) groups is 1. The molecule has 2 fully saturated rings. The lowest BCUT2D eigenvalue weighted by atomic mass is 9.81. The Kier molecular flexibility index (Phi) is 3.26. The summed E-state index contributed by atoms with van der Waals surface area (Å²) in [5, 5.41) is 12.0. The lowest BCUT2D eigenvalue weighted by molar-refractivity contribution is -0.145. The third-order valence-corrected chi connectivity index (χ3v) is 3.61. The maximum absolute atomic E-state index is 10.6. The van der Waals surface area contributed by atoms with Crippen molar-refractivity contribution in [3.05, 3.63) is 0 Å². The van der Waals surface area contributed by atoms with Crippen LogP contribution in [0.15, 0.2) is 0 Å². The van der Waals surface area contributed by atoms with Gasteiger partial charge in [0.1, 0.15) is 0 Å². The fourth-order valence-electron chi connectivity index (χ4n) is 2.60. The molecule has 86 valence electrons. The summed E-state index contributed by atoms with van der Waals surface area (Å²) < 4.78 is 5.92. The molecule has 1 spiro atoms. The van der Waals surface area contributed by atoms with Gasteiger partial charge in [0.05, 0.1) is 18.6 Å². The molecule has 0 aliphatic carbocycles. The van der Waals surface area contributed by atoms with E-state index in [1.54, 1.807) is 0 Å². The van der Waals surface area contributed by atoms with Crippen LogP contribution in [0.1, 0.15) is 32.1 Å². The number of rotatable bonds is 2. The zero-order valence-corrected chi connectivity index (χ0v) is 9.00. The topological polar surface area (TPSA) is 58.6 Å². The minimum absolute atomic E-state index is 0.0697. The summed E-state index contributed by atoms with van der Waals surface area (Å²) in [7, 11) is 0. The van der Waals surface area contributed by atoms with Crippen LogP contribution < -0.4 is 5.32 Å². The molecule has 4 heteroatoms. The second kappa shape index (κ2) is 4.49. The Morgan fingerprint density at radius 3 is 2.67 bits per heavy atom. The van der Waals surface area contributed by atoms with Crippen molar-refractivity contribution >= 4 is 5.97 Å². The summed E-state index contributed by atoms with van der Waals surface area (Å²) >= 11 is 0. The van der Waals surface area contributed by atoms with E-state index in [0.717, 1.165) is 38.8 Å². The minimum Gasteiger partial charge on any atom is -0.481 e. The lowest BCUT2D eigenvalue weighted by Gasteiger charge is -2.42. The van der Waals surface area contributed by atoms with Crippen molar-refractivity contribution < 1.29 is 14.6 Å². The van der Waals surface area contributed by atoms with Crippen LogP contribution in [0.5, 0.6) is 0 Å². The fourth-order valence-corrected chi connectivity index (χ4v) is 2.60. The van der Waals surface area contributed by atoms with E-state index in [-0.39, 0.29) is 17.9 Å². The zero-order chi connectivity index (χ0) is 10.7. The molecule has 4 nitrogen and oxygen atoms in total. The molecule has 2 saturated heterocycles. The normalized spacial score (nSPS) is 30.3. The first-order valence-electron chi connectivity index (χ1n) is 5.77. The number of nitrogens with one attached hydrogen (secondary N) is 1. The minimum atomic E-state index is -0.704. The number of hydrogen-bond donors (Lipinski definition) is 2. The predicted molar refractivity (Wildman–Crippen MR) is 55.8 cm³/mol. The first-order valence-corrected chi connectivity index (χ1v) is 5.77. The molecule has 2 aliphatic rings. The van der Waals surface area contributed by atoms with E-state index in [1.807, 2.05) is 0 Å². The van der Waals surface area contributed by atoms with Crippen molar-refractivity contribution in [1.82, 2.24) is 5.32 Å². The van der Waals surface area contributed by atoms with Gasteiger partial charge in [0.15, 0.2) is 0 Å². The van der Waals surface area contributed by atoms with Crippen LogP contribution in [-0.2, 0) is 9.53 Å². The van der Waals surface area contributed by atoms with Crippen molar-refractivity contribution in [1.29, 1.82) is 0 Å². The third-order valence-electron chi connectivity index (χ3n) is 3.61. The number of ether oxygens (including phenoxy) is 1. The van der Waals surface area contributed by atoms with E-state index < -0.39 is 5.97 Å². The average Bonchev–Trinajstić information content (AvgIpc) is 2.23. The second-order valence-corrected chi connectivity index (χ2v) is 4.75. The molecule has 0 aromatic heterocycles. The Balaban J connectivity index is 1.82. The lowest BCUT2D eigenvalue weighted by Crippen LogP contribution is -2.47. The van der Waals surface area contributed by atoms with Crippen LogP contribution >= 0.6 is 0 Å². The molecule has 0 radical (unpaired) electrons. The molecule has 15 heavy (non-hydrogen) atoms. The highest BCUT2D eigenvalue weighted by Crippen LogP contribution is 2.35. The summed E-state index contributed by atoms with van der Waals surface area (Å²) in [4.78, 5) is 10.6. The van der Waals surface area contributed by atoms with Gasteiger partial charge in [-0.15, -0.1) is 0 Å². The van der Waals surface area contributed by atoms with E-state index in [4.69, 9.17) is 9.84 Å². The first-order chi connectivity index (χ1) is 7.20. The van der Waals surface area contributed by atoms with Gasteiger partial charge in [-0.05, 0) is 44.7 Å². The molecule has 0 aromatic rings. The van der Waals surface area contributed by atoms with Gasteiger partial charge in [0, 0.05) is 0 Å². The van der Waals surface area contributed by atoms with Crippen molar-refractivity contribution in [3.8, 4) is 0 Å². The largest absolute Gasteiger partial charge is 0.481 e. The molecule has 1 atom stereocenters. The molecule has 2 rings (SSSR count). The molecule has 2 heterocycles. The van der Waals surface area contributed by atoms with Crippen LogP contribution in [0.2, 0.25) is 0 Å². The van der Waals surface area contributed by atoms with Crippen LogP contribution in [0.25, 0.3) is 0 Å². The summed E-state index contributed by atoms with van der Waals surface area (Å²) in [6, 6.07) is 0. The standard InChI is InChI=1S/C11H19NO3/c13-10(14)7-9-1-2-11(15-8-9)3-5-12-6-4-11/h9,12H,1-8H2,(H,13,14)/t9-/m0/s1. The monoisotopic (exact) mass is 213 g/mol. The Morgan fingerprint density at radius 2 is 2.13 bits per heavy atom. The number of carboxylic acids is 1. The van der Waals surface area contributed by atoms with Crippen molar-refractivity contribution in [2.24, 2.45) is 5.92 Å². The van der Waals surface area contributed by atoms with Crippen molar-refractivity contribution in [2.75, 3.05) is 19.7 Å². The Morgan fingerprint density at radius 1 is 1.40 bits per heavy atom. The molecule has 2 aliphatic heterocycles. The van der Waals surface area contributed by atoms with Crippen molar-refractivity contribution in [3.63, 3.8) is 0 Å². The number of hydrogen-bond acceptors (Lipinski definition) is 3. The van der Waals surface area contributed by atoms with Gasteiger partial charge in [-0.25, -0.2) is 0 Å². The smallest absolute Gasteiger partial charge is 0.303 e. The summed E-state index contributed by atoms with van der Waals surface area (Å²) in [6.07, 6.45) is 4.45. The van der Waals surface area contributed by atoms with Gasteiger partial charge in [-0.1, -0.05) is 0 Å². The van der Waals surface area contributed by atoms with E-state index in [2.05, 4.69) is 5.32 Å². The Hall–Kier alpha value is -0.610. The Labute approximate surface area is 90.0 Å². The van der Waals surface area contributed by atoms with Crippen LogP contribution in [-0.4, -0.2) is 36.4 Å². The Bertz CT molecular complexity index is 226. The maximum Gasteiger partial charge on any atom is 0.303 e. The summed E-state index contributed by atoms with van der Waals surface area (Å²) in [5.74, 6) is -0.479. The van der Waals surface area contributed by atoms with Gasteiger partial charge in [0.25, 0.3) is 0 Å². The zero-order valence-electron chi connectivity index (χ0n) is 9.00. The van der Waals surface area contributed by atoms with Crippen molar-refractivity contribution in [2.45, 2.75) is 37.7 Å². The highest BCUT2D eigenvalue weighted by molar-refractivity contribution is 5.67. The summed E-state index contributed by atoms with van der Waals surface area (Å²) in [5.41, 5.74) is 0.0697. The van der Waals surface area contributed by atoms with Gasteiger partial charge in [-0.2, -0.15) is 0 Å². The number of aliphatic carboxylic acids is 1. The summed E-state index contributed by atoms with van der Waals surface area (Å²) in [6.45, 7) is 2.69. The third kappa shape index (κ3) is 2.69. The van der Waals surface area contributed by atoms with Gasteiger partial charge in [-0.3, -0.25) is 4.79 Å². The molecular weight excluding hydrogens is 194 g/mol. The molecule has 0 unspecified atom stereocenters. The number of carboxylic acid groups (broad SMARTS) is 1. The molecule has 2 N–H and O–H groups in total. The van der Waals surface area contributed by atoms with E-state index in [9.17, 15) is 4.79 Å². The van der Waals surface area contributed by atoms with Gasteiger partial charge >= 0.3 is 5.97 Å². The predicted octanol–water partition coefficient (Wildman–Crippen LogP) is 1.01. The fraction of sp³-hybridized carbons (Fsp3) is 0.909. The molecule has 0 bridgehead atoms. The van der Waals surface area contributed by atoms with E-state index in [1.165, 1.54) is 0 Å². The van der Waals surface area contributed by atoms with Crippen LogP contribution in [0.3, 0.4) is 0 Å². The SMILES string of the molecule is O=C(O)C[C@@H]1CCC2(CCNCC2)OC1. The number of piperidine rings is 1. The van der Waals surface area contributed by atoms with Crippen LogP contribution in [0, 0.1) is 5.92 Å². The van der Waals surface area contributed by atoms with Crippen LogP contribution in [0.4, 0.5) is 0 Å². The van der Waals surface area contributed by atoms with E-state index >= 15 is 0 Å². The molecule has 0 amide bonds. The van der Waals surface area contributed by atoms with E-state index in [0.29, 0.717) is 6.61 Å². The molecular formula is C11H19NO3. The maximum atomic E-state index is 10.6. The quantitative estimate of drug-likeness (QED) is 0.718. The molecule has 0 aromatic carbocycles. The highest BCUT2D eigenvalue weighted by Gasteiger charge is 2.37. The molecule has 0 saturated carbocycles. The highest BCUT2D eigenvalue weighted by atomic mass is 16.5. The van der Waals surface area contributed by atoms with Gasteiger partial charge in [0.2, 0.25) is 0 Å². The average molecular weight is 213 g/mol. The van der Waals surface area contributed by atoms with Gasteiger partial charge < -0.3 is 15.2 Å². The second-order valence-electron chi connectivity index (χ2n) is 4.75.